The van der Waals surface area contributed by atoms with Crippen LogP contribution in [0.4, 0.5) is 0 Å². The molecule has 11 rings (SSSR count). The van der Waals surface area contributed by atoms with Gasteiger partial charge in [-0.2, -0.15) is 9.97 Å². The highest BCUT2D eigenvalue weighted by Crippen LogP contribution is 2.40. The molecule has 0 bridgehead atoms. The Morgan fingerprint density at radius 2 is 0.961 bits per heavy atom. The van der Waals surface area contributed by atoms with Crippen molar-refractivity contribution in [2.45, 2.75) is 0 Å². The van der Waals surface area contributed by atoms with Gasteiger partial charge in [0.05, 0.1) is 16.4 Å². The quantitative estimate of drug-likeness (QED) is 0.189. The lowest BCUT2D eigenvalue weighted by atomic mass is 10.0. The van der Waals surface area contributed by atoms with Crippen LogP contribution >= 0.6 is 0 Å². The van der Waals surface area contributed by atoms with E-state index in [9.17, 15) is 0 Å². The van der Waals surface area contributed by atoms with E-state index >= 15 is 0 Å². The molecule has 0 radical (unpaired) electrons. The summed E-state index contributed by atoms with van der Waals surface area (Å²) < 4.78 is 15.0. The first-order chi connectivity index (χ1) is 25.3. The summed E-state index contributed by atoms with van der Waals surface area (Å²) >= 11 is 0. The van der Waals surface area contributed by atoms with Gasteiger partial charge in [-0.15, -0.1) is 0 Å². The fourth-order valence-electron chi connectivity index (χ4n) is 7.49. The van der Waals surface area contributed by atoms with Crippen LogP contribution in [0.15, 0.2) is 167 Å². The van der Waals surface area contributed by atoms with Crippen molar-refractivity contribution in [2.24, 2.45) is 0 Å². The van der Waals surface area contributed by atoms with E-state index in [1.165, 1.54) is 0 Å². The predicted octanol–water partition coefficient (Wildman–Crippen LogP) is 11.8. The molecule has 7 aromatic carbocycles. The molecule has 0 fully saturated rings. The number of hydrogen-bond acceptors (Lipinski definition) is 5. The summed E-state index contributed by atoms with van der Waals surface area (Å²) in [5, 5.41) is 6.39. The monoisotopic (exact) mass is 654 g/mol. The van der Waals surface area contributed by atoms with Crippen LogP contribution in [0.2, 0.25) is 0 Å². The van der Waals surface area contributed by atoms with Crippen LogP contribution in [-0.4, -0.2) is 19.5 Å². The standard InChI is InChI=1S/C45H26N4O2/c1-2-10-27(11-3-1)28-18-20-29(21-19-28)43-46-44(48-45(47-43)49-36-15-7-4-12-31(36)32-13-5-8-16-37(32)49)30-22-23-35-40(26-30)50-39-25-24-34-33-14-6-9-17-38(33)51-42(34)41(35)39/h1-26H. The third-order valence-corrected chi connectivity index (χ3v) is 9.89. The minimum atomic E-state index is 0.549. The van der Waals surface area contributed by atoms with Gasteiger partial charge in [0, 0.05) is 38.1 Å². The number of para-hydroxylation sites is 3. The van der Waals surface area contributed by atoms with E-state index in [0.29, 0.717) is 17.6 Å². The van der Waals surface area contributed by atoms with Crippen molar-refractivity contribution in [3.05, 3.63) is 158 Å². The summed E-state index contributed by atoms with van der Waals surface area (Å²) in [6.45, 7) is 0. The molecule has 0 N–H and O–H groups in total. The van der Waals surface area contributed by atoms with Crippen LogP contribution in [0, 0.1) is 0 Å². The van der Waals surface area contributed by atoms with Crippen LogP contribution in [-0.2, 0) is 0 Å². The number of aromatic nitrogens is 4. The van der Waals surface area contributed by atoms with E-state index in [0.717, 1.165) is 87.9 Å². The zero-order chi connectivity index (χ0) is 33.5. The predicted molar refractivity (Wildman–Crippen MR) is 205 cm³/mol. The van der Waals surface area contributed by atoms with E-state index in [4.69, 9.17) is 23.8 Å². The maximum Gasteiger partial charge on any atom is 0.238 e. The number of benzene rings is 7. The Morgan fingerprint density at radius 1 is 0.373 bits per heavy atom. The number of nitrogens with zero attached hydrogens (tertiary/aromatic N) is 4. The summed E-state index contributed by atoms with van der Waals surface area (Å²) in [7, 11) is 0. The summed E-state index contributed by atoms with van der Waals surface area (Å²) in [4.78, 5) is 15.4. The normalized spacial score (nSPS) is 11.9. The maximum atomic E-state index is 6.47. The first-order valence-corrected chi connectivity index (χ1v) is 16.9. The average Bonchev–Trinajstić information content (AvgIpc) is 3.87. The molecule has 51 heavy (non-hydrogen) atoms. The van der Waals surface area contributed by atoms with Gasteiger partial charge in [-0.3, -0.25) is 4.57 Å². The molecule has 0 spiro atoms. The lowest BCUT2D eigenvalue weighted by molar-refractivity contribution is 0.663. The molecule has 0 aliphatic heterocycles. The van der Waals surface area contributed by atoms with Gasteiger partial charge in [0.15, 0.2) is 11.6 Å². The SMILES string of the molecule is c1ccc(-c2ccc(-c3nc(-c4ccc5c(c4)oc4ccc6c7ccccc7oc6c45)nc(-n4c5ccccc5c5ccccc54)n3)cc2)cc1. The molecule has 0 unspecified atom stereocenters. The molecule has 11 aromatic rings. The van der Waals surface area contributed by atoms with Gasteiger partial charge in [-0.05, 0) is 53.6 Å². The van der Waals surface area contributed by atoms with Crippen molar-refractivity contribution in [3.63, 3.8) is 0 Å². The zero-order valence-electron chi connectivity index (χ0n) is 27.1. The maximum absolute atomic E-state index is 6.47. The molecule has 4 heterocycles. The summed E-state index contributed by atoms with van der Waals surface area (Å²) in [6, 6.07) is 53.9. The fraction of sp³-hybridized carbons (Fsp3) is 0. The molecule has 6 nitrogen and oxygen atoms in total. The van der Waals surface area contributed by atoms with Gasteiger partial charge in [-0.25, -0.2) is 4.98 Å². The molecule has 0 saturated carbocycles. The summed E-state index contributed by atoms with van der Waals surface area (Å²) in [6.07, 6.45) is 0. The smallest absolute Gasteiger partial charge is 0.238 e. The first kappa shape index (κ1) is 27.9. The third-order valence-electron chi connectivity index (χ3n) is 9.89. The fourth-order valence-corrected chi connectivity index (χ4v) is 7.49. The van der Waals surface area contributed by atoms with Crippen molar-refractivity contribution in [3.8, 4) is 39.9 Å². The van der Waals surface area contributed by atoms with Crippen LogP contribution in [0.1, 0.15) is 0 Å². The Kier molecular flexibility index (Phi) is 5.86. The van der Waals surface area contributed by atoms with Crippen molar-refractivity contribution < 1.29 is 8.83 Å². The second kappa shape index (κ2) is 10.7. The molecule has 0 saturated heterocycles. The molecule has 0 amide bonds. The van der Waals surface area contributed by atoms with Gasteiger partial charge >= 0.3 is 0 Å². The van der Waals surface area contributed by atoms with Crippen LogP contribution in [0.3, 0.4) is 0 Å². The highest BCUT2D eigenvalue weighted by Gasteiger charge is 2.20. The number of furan rings is 2. The van der Waals surface area contributed by atoms with Crippen molar-refractivity contribution in [1.82, 2.24) is 19.5 Å². The van der Waals surface area contributed by atoms with Crippen LogP contribution < -0.4 is 0 Å². The molecule has 0 aliphatic rings. The van der Waals surface area contributed by atoms with Crippen molar-refractivity contribution in [1.29, 1.82) is 0 Å². The van der Waals surface area contributed by atoms with E-state index in [2.05, 4.69) is 126 Å². The van der Waals surface area contributed by atoms with Gasteiger partial charge < -0.3 is 8.83 Å². The topological polar surface area (TPSA) is 69.9 Å². The van der Waals surface area contributed by atoms with Gasteiger partial charge in [-0.1, -0.05) is 115 Å². The molecular weight excluding hydrogens is 629 g/mol. The lowest BCUT2D eigenvalue weighted by Gasteiger charge is -2.11. The molecule has 4 aromatic heterocycles. The van der Waals surface area contributed by atoms with Crippen LogP contribution in [0.25, 0.3) is 106 Å². The molecule has 238 valence electrons. The highest BCUT2D eigenvalue weighted by atomic mass is 16.3. The Balaban J connectivity index is 1.12. The van der Waals surface area contributed by atoms with Crippen molar-refractivity contribution >= 4 is 65.7 Å². The second-order valence-corrected chi connectivity index (χ2v) is 12.8. The third kappa shape index (κ3) is 4.26. The minimum absolute atomic E-state index is 0.549. The summed E-state index contributed by atoms with van der Waals surface area (Å²) in [5.41, 5.74) is 9.28. The highest BCUT2D eigenvalue weighted by molar-refractivity contribution is 6.22. The number of rotatable bonds is 4. The zero-order valence-corrected chi connectivity index (χ0v) is 27.1. The number of fused-ring (bicyclic) bond motifs is 10. The Morgan fingerprint density at radius 3 is 1.73 bits per heavy atom. The van der Waals surface area contributed by atoms with E-state index in [1.807, 2.05) is 36.4 Å². The lowest BCUT2D eigenvalue weighted by Crippen LogP contribution is -2.06. The van der Waals surface area contributed by atoms with Crippen LogP contribution in [0.5, 0.6) is 0 Å². The average molecular weight is 655 g/mol. The molecule has 0 aliphatic carbocycles. The number of hydrogen-bond donors (Lipinski definition) is 0. The Hall–Kier alpha value is -7.05. The van der Waals surface area contributed by atoms with E-state index < -0.39 is 0 Å². The Bertz CT molecular complexity index is 3080. The van der Waals surface area contributed by atoms with Gasteiger partial charge in [0.2, 0.25) is 5.95 Å². The largest absolute Gasteiger partial charge is 0.456 e. The molecular formula is C45H26N4O2. The van der Waals surface area contributed by atoms with E-state index in [1.54, 1.807) is 0 Å². The van der Waals surface area contributed by atoms with Gasteiger partial charge in [0.25, 0.3) is 0 Å². The Labute approximate surface area is 290 Å². The molecule has 0 atom stereocenters. The van der Waals surface area contributed by atoms with Gasteiger partial charge in [0.1, 0.15) is 22.3 Å². The minimum Gasteiger partial charge on any atom is -0.456 e. The summed E-state index contributed by atoms with van der Waals surface area (Å²) in [5.74, 6) is 1.69. The van der Waals surface area contributed by atoms with E-state index in [-0.39, 0.29) is 0 Å². The van der Waals surface area contributed by atoms with Crippen molar-refractivity contribution in [2.75, 3.05) is 0 Å². The first-order valence-electron chi connectivity index (χ1n) is 16.9. The second-order valence-electron chi connectivity index (χ2n) is 12.8. The molecule has 6 heteroatoms.